The smallest absolute Gasteiger partial charge is 0.266 e. The lowest BCUT2D eigenvalue weighted by molar-refractivity contribution is 0.0648. The first kappa shape index (κ1) is 24.7. The van der Waals surface area contributed by atoms with E-state index in [0.29, 0.717) is 46.2 Å². The fourth-order valence-electron chi connectivity index (χ4n) is 4.30. The van der Waals surface area contributed by atoms with Crippen LogP contribution in [0.2, 0.25) is 5.02 Å². The van der Waals surface area contributed by atoms with Crippen molar-refractivity contribution in [2.24, 2.45) is 5.92 Å². The number of amides is 1. The molecular formula is C29H30ClN3O2. The molecular weight excluding hydrogens is 458 g/mol. The molecule has 1 unspecified atom stereocenters. The molecule has 0 radical (unpaired) electrons. The van der Waals surface area contributed by atoms with Crippen molar-refractivity contribution in [1.29, 1.82) is 0 Å². The Kier molecular flexibility index (Phi) is 7.67. The van der Waals surface area contributed by atoms with Gasteiger partial charge >= 0.3 is 0 Å². The quantitative estimate of drug-likeness (QED) is 0.278. The van der Waals surface area contributed by atoms with E-state index >= 15 is 0 Å². The molecule has 180 valence electrons. The average molecular weight is 488 g/mol. The zero-order valence-electron chi connectivity index (χ0n) is 20.3. The van der Waals surface area contributed by atoms with Crippen molar-refractivity contribution in [3.05, 3.63) is 106 Å². The van der Waals surface area contributed by atoms with Crippen LogP contribution in [0.3, 0.4) is 0 Å². The van der Waals surface area contributed by atoms with Crippen LogP contribution in [0.15, 0.2) is 83.7 Å². The Balaban J connectivity index is 1.92. The van der Waals surface area contributed by atoms with Crippen molar-refractivity contribution in [3.63, 3.8) is 0 Å². The summed E-state index contributed by atoms with van der Waals surface area (Å²) in [6.45, 7) is 6.86. The third kappa shape index (κ3) is 5.30. The van der Waals surface area contributed by atoms with E-state index in [4.69, 9.17) is 16.6 Å². The lowest BCUT2D eigenvalue weighted by Crippen LogP contribution is -2.39. The van der Waals surface area contributed by atoms with Crippen LogP contribution in [0.1, 0.15) is 55.8 Å². The van der Waals surface area contributed by atoms with Crippen LogP contribution < -0.4 is 5.56 Å². The van der Waals surface area contributed by atoms with Gasteiger partial charge in [0.2, 0.25) is 0 Å². The Hall–Kier alpha value is -3.44. The number of benzene rings is 3. The lowest BCUT2D eigenvalue weighted by Gasteiger charge is -2.33. The van der Waals surface area contributed by atoms with E-state index in [-0.39, 0.29) is 11.5 Å². The summed E-state index contributed by atoms with van der Waals surface area (Å²) in [4.78, 5) is 34.4. The number of hydrogen-bond donors (Lipinski definition) is 0. The first-order chi connectivity index (χ1) is 16.9. The van der Waals surface area contributed by atoms with E-state index in [9.17, 15) is 9.59 Å². The van der Waals surface area contributed by atoms with Crippen LogP contribution in [0.5, 0.6) is 0 Å². The van der Waals surface area contributed by atoms with Gasteiger partial charge in [-0.25, -0.2) is 4.98 Å². The van der Waals surface area contributed by atoms with Crippen molar-refractivity contribution in [2.75, 3.05) is 6.54 Å². The summed E-state index contributed by atoms with van der Waals surface area (Å²) in [5, 5.41) is 1.13. The molecule has 4 rings (SSSR count). The summed E-state index contributed by atoms with van der Waals surface area (Å²) in [5.74, 6) is 0.874. The highest BCUT2D eigenvalue weighted by atomic mass is 35.5. The van der Waals surface area contributed by atoms with E-state index < -0.39 is 6.04 Å². The van der Waals surface area contributed by atoms with Crippen molar-refractivity contribution in [2.45, 2.75) is 39.7 Å². The van der Waals surface area contributed by atoms with Gasteiger partial charge < -0.3 is 4.90 Å². The van der Waals surface area contributed by atoms with Crippen LogP contribution in [0, 0.1) is 5.92 Å². The molecule has 0 aliphatic carbocycles. The van der Waals surface area contributed by atoms with Crippen LogP contribution in [0.25, 0.3) is 16.6 Å². The van der Waals surface area contributed by atoms with E-state index in [1.54, 1.807) is 34.9 Å². The van der Waals surface area contributed by atoms with Gasteiger partial charge in [-0.1, -0.05) is 62.7 Å². The molecule has 3 aromatic carbocycles. The van der Waals surface area contributed by atoms with Gasteiger partial charge in [-0.15, -0.1) is 0 Å². The van der Waals surface area contributed by atoms with Gasteiger partial charge in [-0.3, -0.25) is 14.2 Å². The fraction of sp³-hybridized carbons (Fsp3) is 0.276. The molecule has 6 heteroatoms. The van der Waals surface area contributed by atoms with Gasteiger partial charge in [-0.2, -0.15) is 0 Å². The number of hydrogen-bond acceptors (Lipinski definition) is 3. The first-order valence-corrected chi connectivity index (χ1v) is 12.4. The van der Waals surface area contributed by atoms with Crippen molar-refractivity contribution in [1.82, 2.24) is 14.5 Å². The number of rotatable bonds is 8. The maximum absolute atomic E-state index is 13.8. The van der Waals surface area contributed by atoms with Crippen molar-refractivity contribution in [3.8, 4) is 5.69 Å². The average Bonchev–Trinajstić information content (AvgIpc) is 2.87. The SMILES string of the molecule is CCC(c1nc2ccccc2c(=O)n1-c1ccccc1)N(CCC(C)C)C(=O)c1ccc(Cl)cc1. The molecule has 0 saturated carbocycles. The summed E-state index contributed by atoms with van der Waals surface area (Å²) in [6.07, 6.45) is 1.44. The van der Waals surface area contributed by atoms with Crippen molar-refractivity contribution < 1.29 is 4.79 Å². The Morgan fingerprint density at radius 3 is 2.29 bits per heavy atom. The van der Waals surface area contributed by atoms with Gasteiger partial charge in [-0.05, 0) is 67.3 Å². The van der Waals surface area contributed by atoms with Crippen LogP contribution in [-0.2, 0) is 0 Å². The Morgan fingerprint density at radius 2 is 1.63 bits per heavy atom. The van der Waals surface area contributed by atoms with E-state index in [1.165, 1.54) is 0 Å². The van der Waals surface area contributed by atoms with E-state index in [0.717, 1.165) is 12.1 Å². The number of halogens is 1. The number of carbonyl (C=O) groups is 1. The van der Waals surface area contributed by atoms with E-state index in [2.05, 4.69) is 13.8 Å². The second-order valence-electron chi connectivity index (χ2n) is 9.08. The minimum absolute atomic E-state index is 0.101. The van der Waals surface area contributed by atoms with Crippen LogP contribution in [0.4, 0.5) is 0 Å². The molecule has 1 atom stereocenters. The van der Waals surface area contributed by atoms with Gasteiger partial charge in [0.05, 0.1) is 22.6 Å². The summed E-state index contributed by atoms with van der Waals surface area (Å²) in [5.41, 5.74) is 1.77. The van der Waals surface area contributed by atoms with Gasteiger partial charge in [0.25, 0.3) is 11.5 Å². The van der Waals surface area contributed by atoms with Crippen LogP contribution >= 0.6 is 11.6 Å². The topological polar surface area (TPSA) is 55.2 Å². The summed E-state index contributed by atoms with van der Waals surface area (Å²) >= 11 is 6.07. The molecule has 0 saturated heterocycles. The van der Waals surface area contributed by atoms with E-state index in [1.807, 2.05) is 60.4 Å². The molecule has 4 aromatic rings. The van der Waals surface area contributed by atoms with Gasteiger partial charge in [0, 0.05) is 17.1 Å². The summed E-state index contributed by atoms with van der Waals surface area (Å²) < 4.78 is 1.66. The predicted molar refractivity (Wildman–Crippen MR) is 142 cm³/mol. The Bertz CT molecular complexity index is 1360. The second kappa shape index (κ2) is 10.9. The molecule has 0 aliphatic rings. The van der Waals surface area contributed by atoms with Gasteiger partial charge in [0.15, 0.2) is 0 Å². The highest BCUT2D eigenvalue weighted by Crippen LogP contribution is 2.28. The van der Waals surface area contributed by atoms with Crippen molar-refractivity contribution >= 4 is 28.4 Å². The molecule has 1 aromatic heterocycles. The third-order valence-corrected chi connectivity index (χ3v) is 6.43. The largest absolute Gasteiger partial charge is 0.328 e. The number of carbonyl (C=O) groups excluding carboxylic acids is 1. The standard InChI is InChI=1S/C29H30ClN3O2/c1-4-26(32(19-18-20(2)3)28(34)21-14-16-22(30)17-15-21)27-31-25-13-9-8-12-24(25)29(35)33(27)23-10-6-5-7-11-23/h5-17,20,26H,4,18-19H2,1-3H3. The number of para-hydroxylation sites is 2. The number of fused-ring (bicyclic) bond motifs is 1. The summed E-state index contributed by atoms with van der Waals surface area (Å²) in [7, 11) is 0. The summed E-state index contributed by atoms with van der Waals surface area (Å²) in [6, 6.07) is 23.4. The minimum atomic E-state index is -0.394. The molecule has 1 amide bonds. The molecule has 0 aliphatic heterocycles. The lowest BCUT2D eigenvalue weighted by atomic mass is 10.0. The molecule has 0 bridgehead atoms. The molecule has 0 spiro atoms. The minimum Gasteiger partial charge on any atom is -0.328 e. The highest BCUT2D eigenvalue weighted by molar-refractivity contribution is 6.30. The zero-order valence-corrected chi connectivity index (χ0v) is 21.1. The zero-order chi connectivity index (χ0) is 24.9. The third-order valence-electron chi connectivity index (χ3n) is 6.18. The first-order valence-electron chi connectivity index (χ1n) is 12.0. The maximum Gasteiger partial charge on any atom is 0.266 e. The molecule has 5 nitrogen and oxygen atoms in total. The fourth-order valence-corrected chi connectivity index (χ4v) is 4.42. The van der Waals surface area contributed by atoms with Gasteiger partial charge in [0.1, 0.15) is 5.82 Å². The monoisotopic (exact) mass is 487 g/mol. The molecule has 1 heterocycles. The second-order valence-corrected chi connectivity index (χ2v) is 9.51. The molecule has 0 N–H and O–H groups in total. The number of nitrogens with zero attached hydrogens (tertiary/aromatic N) is 3. The highest BCUT2D eigenvalue weighted by Gasteiger charge is 2.29. The molecule has 35 heavy (non-hydrogen) atoms. The number of aromatic nitrogens is 2. The normalized spacial score (nSPS) is 12.1. The maximum atomic E-state index is 13.8. The predicted octanol–water partition coefficient (Wildman–Crippen LogP) is 6.68. The Morgan fingerprint density at radius 1 is 0.971 bits per heavy atom. The Labute approximate surface area is 211 Å². The van der Waals surface area contributed by atoms with Crippen LogP contribution in [-0.4, -0.2) is 26.9 Å². The molecule has 0 fully saturated rings.